The van der Waals surface area contributed by atoms with Gasteiger partial charge in [0.2, 0.25) is 0 Å². The fraction of sp³-hybridized carbons (Fsp3) is 0.364. The maximum Gasteiger partial charge on any atom is 0.405 e. The molecule has 1 aromatic carbocycles. The van der Waals surface area contributed by atoms with E-state index in [2.05, 4.69) is 5.32 Å². The van der Waals surface area contributed by atoms with E-state index in [4.69, 9.17) is 23.2 Å². The molecule has 1 aromatic rings. The van der Waals surface area contributed by atoms with Crippen LogP contribution in [0.3, 0.4) is 0 Å². The number of hydrogen-bond acceptors (Lipinski definition) is 2. The van der Waals surface area contributed by atoms with Gasteiger partial charge in [-0.05, 0) is 23.8 Å². The Morgan fingerprint density at radius 1 is 1.20 bits per heavy atom. The highest BCUT2D eigenvalue weighted by molar-refractivity contribution is 6.34. The normalized spacial score (nSPS) is 12.9. The molecule has 2 amide bonds. The predicted molar refractivity (Wildman–Crippen MR) is 68.9 cm³/mol. The van der Waals surface area contributed by atoms with E-state index in [-0.39, 0.29) is 6.54 Å². The average Bonchev–Trinajstić information content (AvgIpc) is 2.31. The summed E-state index contributed by atoms with van der Waals surface area (Å²) in [5.41, 5.74) is 0.346. The summed E-state index contributed by atoms with van der Waals surface area (Å²) in [5.74, 6) is 0. The van der Waals surface area contributed by atoms with Crippen LogP contribution in [0.4, 0.5) is 18.0 Å². The number of aliphatic hydroxyl groups excluding tert-OH is 1. The summed E-state index contributed by atoms with van der Waals surface area (Å²) < 4.78 is 35.5. The topological polar surface area (TPSA) is 61.4 Å². The minimum atomic E-state index is -4.49. The standard InChI is InChI=1S/C11H11Cl2F3N2O2/c12-7-1-6(2-8(13)3-7)9(19)4-17-10(20)18-5-11(14,15)16/h1-3,9,19H,4-5H2,(H2,17,18,20). The van der Waals surface area contributed by atoms with Gasteiger partial charge in [0, 0.05) is 16.6 Å². The number of carbonyl (C=O) groups is 1. The molecule has 9 heteroatoms. The van der Waals surface area contributed by atoms with Crippen molar-refractivity contribution in [2.24, 2.45) is 0 Å². The first-order valence-corrected chi connectivity index (χ1v) is 6.15. The highest BCUT2D eigenvalue weighted by Crippen LogP contribution is 2.23. The average molecular weight is 331 g/mol. The summed E-state index contributed by atoms with van der Waals surface area (Å²) in [6.45, 7) is -1.72. The largest absolute Gasteiger partial charge is 0.405 e. The number of halogens is 5. The molecule has 0 spiro atoms. The van der Waals surface area contributed by atoms with E-state index < -0.39 is 24.9 Å². The van der Waals surface area contributed by atoms with Gasteiger partial charge in [-0.25, -0.2) is 4.79 Å². The third kappa shape index (κ3) is 6.31. The Morgan fingerprint density at radius 2 is 1.75 bits per heavy atom. The first-order valence-electron chi connectivity index (χ1n) is 5.40. The molecule has 0 bridgehead atoms. The summed E-state index contributed by atoms with van der Waals surface area (Å²) in [5, 5.41) is 14.1. The zero-order chi connectivity index (χ0) is 15.3. The lowest BCUT2D eigenvalue weighted by Gasteiger charge is -2.14. The fourth-order valence-corrected chi connectivity index (χ4v) is 1.86. The highest BCUT2D eigenvalue weighted by atomic mass is 35.5. The molecule has 0 saturated heterocycles. The SMILES string of the molecule is O=C(NCC(O)c1cc(Cl)cc(Cl)c1)NCC(F)(F)F. The third-order valence-corrected chi connectivity index (χ3v) is 2.61. The second-order valence-electron chi connectivity index (χ2n) is 3.90. The number of hydrogen-bond donors (Lipinski definition) is 3. The minimum Gasteiger partial charge on any atom is -0.387 e. The first-order chi connectivity index (χ1) is 9.17. The number of urea groups is 1. The Labute approximate surface area is 122 Å². The van der Waals surface area contributed by atoms with Crippen LogP contribution >= 0.6 is 23.2 Å². The van der Waals surface area contributed by atoms with Gasteiger partial charge in [-0.15, -0.1) is 0 Å². The van der Waals surface area contributed by atoms with E-state index in [0.29, 0.717) is 15.6 Å². The Kier molecular flexibility index (Phi) is 5.91. The summed E-state index contributed by atoms with van der Waals surface area (Å²) in [4.78, 5) is 11.1. The van der Waals surface area contributed by atoms with E-state index in [1.807, 2.05) is 0 Å². The zero-order valence-corrected chi connectivity index (χ0v) is 11.5. The molecule has 1 atom stereocenters. The molecular weight excluding hydrogens is 320 g/mol. The van der Waals surface area contributed by atoms with Gasteiger partial charge in [0.25, 0.3) is 0 Å². The van der Waals surface area contributed by atoms with Gasteiger partial charge in [-0.2, -0.15) is 13.2 Å². The molecule has 0 fully saturated rings. The third-order valence-electron chi connectivity index (χ3n) is 2.18. The quantitative estimate of drug-likeness (QED) is 0.794. The maximum absolute atomic E-state index is 11.8. The van der Waals surface area contributed by atoms with Crippen LogP contribution in [0.5, 0.6) is 0 Å². The van der Waals surface area contributed by atoms with E-state index in [0.717, 1.165) is 0 Å². The lowest BCUT2D eigenvalue weighted by atomic mass is 10.1. The molecule has 0 aliphatic rings. The highest BCUT2D eigenvalue weighted by Gasteiger charge is 2.27. The fourth-order valence-electron chi connectivity index (χ4n) is 1.32. The molecule has 0 aliphatic carbocycles. The van der Waals surface area contributed by atoms with Gasteiger partial charge < -0.3 is 15.7 Å². The van der Waals surface area contributed by atoms with Crippen LogP contribution in [0, 0.1) is 0 Å². The van der Waals surface area contributed by atoms with Crippen LogP contribution in [0.1, 0.15) is 11.7 Å². The van der Waals surface area contributed by atoms with Crippen LogP contribution in [-0.4, -0.2) is 30.4 Å². The number of rotatable bonds is 4. The van der Waals surface area contributed by atoms with Crippen molar-refractivity contribution in [3.63, 3.8) is 0 Å². The summed E-state index contributed by atoms with van der Waals surface area (Å²) in [6.07, 6.45) is -5.63. The van der Waals surface area contributed by atoms with Crippen molar-refractivity contribution in [1.82, 2.24) is 10.6 Å². The Hall–Kier alpha value is -1.18. The molecule has 0 aliphatic heterocycles. The van der Waals surface area contributed by atoms with Crippen molar-refractivity contribution in [3.8, 4) is 0 Å². The molecule has 0 saturated carbocycles. The Balaban J connectivity index is 2.46. The van der Waals surface area contributed by atoms with Crippen molar-refractivity contribution < 1.29 is 23.1 Å². The molecular formula is C11H11Cl2F3N2O2. The van der Waals surface area contributed by atoms with E-state index >= 15 is 0 Å². The number of aliphatic hydroxyl groups is 1. The molecule has 4 nitrogen and oxygen atoms in total. The van der Waals surface area contributed by atoms with Crippen molar-refractivity contribution >= 4 is 29.2 Å². The van der Waals surface area contributed by atoms with Crippen LogP contribution in [0.25, 0.3) is 0 Å². The maximum atomic E-state index is 11.8. The summed E-state index contributed by atoms with van der Waals surface area (Å²) >= 11 is 11.5. The number of alkyl halides is 3. The summed E-state index contributed by atoms with van der Waals surface area (Å²) in [7, 11) is 0. The molecule has 1 rings (SSSR count). The van der Waals surface area contributed by atoms with Crippen LogP contribution in [-0.2, 0) is 0 Å². The van der Waals surface area contributed by atoms with Gasteiger partial charge in [0.05, 0.1) is 6.10 Å². The van der Waals surface area contributed by atoms with Crippen LogP contribution in [0.15, 0.2) is 18.2 Å². The van der Waals surface area contributed by atoms with Crippen molar-refractivity contribution in [2.75, 3.05) is 13.1 Å². The van der Waals surface area contributed by atoms with Gasteiger partial charge >= 0.3 is 12.2 Å². The molecule has 112 valence electrons. The lowest BCUT2D eigenvalue weighted by molar-refractivity contribution is -0.122. The van der Waals surface area contributed by atoms with Crippen molar-refractivity contribution in [1.29, 1.82) is 0 Å². The molecule has 0 heterocycles. The molecule has 20 heavy (non-hydrogen) atoms. The minimum absolute atomic E-state index is 0.277. The van der Waals surface area contributed by atoms with Gasteiger partial charge in [-0.1, -0.05) is 23.2 Å². The number of carbonyl (C=O) groups excluding carboxylic acids is 1. The zero-order valence-electron chi connectivity index (χ0n) is 9.97. The number of amides is 2. The second kappa shape index (κ2) is 7.01. The second-order valence-corrected chi connectivity index (χ2v) is 4.77. The summed E-state index contributed by atoms with van der Waals surface area (Å²) in [6, 6.07) is 3.30. The van der Waals surface area contributed by atoms with Crippen molar-refractivity contribution in [2.45, 2.75) is 12.3 Å². The van der Waals surface area contributed by atoms with Crippen molar-refractivity contribution in [3.05, 3.63) is 33.8 Å². The Bertz CT molecular complexity index is 463. The van der Waals surface area contributed by atoms with Crippen LogP contribution in [0.2, 0.25) is 10.0 Å². The van der Waals surface area contributed by atoms with Crippen LogP contribution < -0.4 is 10.6 Å². The van der Waals surface area contributed by atoms with Gasteiger partial charge in [0.1, 0.15) is 6.54 Å². The van der Waals surface area contributed by atoms with E-state index in [9.17, 15) is 23.1 Å². The molecule has 0 radical (unpaired) electrons. The first kappa shape index (κ1) is 16.9. The van der Waals surface area contributed by atoms with Gasteiger partial charge in [0.15, 0.2) is 0 Å². The monoisotopic (exact) mass is 330 g/mol. The predicted octanol–water partition coefficient (Wildman–Crippen LogP) is 2.89. The van der Waals surface area contributed by atoms with E-state index in [1.54, 1.807) is 5.32 Å². The molecule has 3 N–H and O–H groups in total. The lowest BCUT2D eigenvalue weighted by Crippen LogP contribution is -2.42. The molecule has 1 unspecified atom stereocenters. The number of nitrogens with one attached hydrogen (secondary N) is 2. The Morgan fingerprint density at radius 3 is 2.25 bits per heavy atom. The molecule has 0 aromatic heterocycles. The van der Waals surface area contributed by atoms with Gasteiger partial charge in [-0.3, -0.25) is 0 Å². The number of benzene rings is 1. The van der Waals surface area contributed by atoms with E-state index in [1.165, 1.54) is 18.2 Å². The smallest absolute Gasteiger partial charge is 0.387 e.